The minimum atomic E-state index is -0.781. The largest absolute Gasteiger partial charge is 0.481 e. The second kappa shape index (κ2) is 10.4. The zero-order chi connectivity index (χ0) is 21.4. The number of thioether (sulfide) groups is 1. The van der Waals surface area contributed by atoms with Crippen LogP contribution in [0.2, 0.25) is 0 Å². The Morgan fingerprint density at radius 2 is 2.00 bits per heavy atom. The van der Waals surface area contributed by atoms with E-state index in [0.29, 0.717) is 26.0 Å². The Kier molecular flexibility index (Phi) is 8.23. The van der Waals surface area contributed by atoms with Crippen molar-refractivity contribution < 1.29 is 24.3 Å². The molecule has 0 radical (unpaired) electrons. The summed E-state index contributed by atoms with van der Waals surface area (Å²) in [6, 6.07) is 6.90. The van der Waals surface area contributed by atoms with E-state index in [4.69, 9.17) is 14.7 Å². The normalized spacial score (nSPS) is 19.0. The standard InChI is InChI=1S/C21H28N2O5S/c1-5-6-13-27-15-7-9-16(10-8-15)29-17-11-12-23(18(14-17)19(24)22-26)20(25)28-21(2,3)4/h7-10,17-18,26H,11-14H2,1-4H3,(H,22,24). The van der Waals surface area contributed by atoms with Crippen LogP contribution in [-0.4, -0.2) is 52.2 Å². The lowest BCUT2D eigenvalue weighted by molar-refractivity contribution is -0.135. The average Bonchev–Trinajstić information content (AvgIpc) is 2.67. The number of rotatable bonds is 5. The van der Waals surface area contributed by atoms with Gasteiger partial charge in [0.05, 0.1) is 0 Å². The number of piperidine rings is 1. The minimum absolute atomic E-state index is 0.119. The number of hydrogen-bond acceptors (Lipinski definition) is 6. The SMILES string of the molecule is CC#CCOc1ccc(SC2CCN(C(=O)OC(C)(C)C)C(C(=O)NO)C2)cc1. The summed E-state index contributed by atoms with van der Waals surface area (Å²) in [4.78, 5) is 27.1. The van der Waals surface area contributed by atoms with Crippen molar-refractivity contribution in [1.82, 2.24) is 10.4 Å². The van der Waals surface area contributed by atoms with E-state index in [2.05, 4.69) is 11.8 Å². The number of hydroxylamine groups is 1. The van der Waals surface area contributed by atoms with Crippen molar-refractivity contribution in [2.24, 2.45) is 0 Å². The van der Waals surface area contributed by atoms with Gasteiger partial charge in [-0.15, -0.1) is 17.7 Å². The lowest BCUT2D eigenvalue weighted by Gasteiger charge is -2.38. The zero-order valence-electron chi connectivity index (χ0n) is 17.2. The maximum absolute atomic E-state index is 12.5. The summed E-state index contributed by atoms with van der Waals surface area (Å²) in [7, 11) is 0. The number of carbonyl (C=O) groups excluding carboxylic acids is 2. The molecule has 1 saturated heterocycles. The maximum Gasteiger partial charge on any atom is 0.410 e. The van der Waals surface area contributed by atoms with E-state index in [1.165, 1.54) is 4.90 Å². The molecule has 1 aliphatic heterocycles. The quantitative estimate of drug-likeness (QED) is 0.431. The van der Waals surface area contributed by atoms with E-state index >= 15 is 0 Å². The highest BCUT2D eigenvalue weighted by Crippen LogP contribution is 2.34. The van der Waals surface area contributed by atoms with Gasteiger partial charge in [-0.3, -0.25) is 14.9 Å². The molecule has 1 aromatic carbocycles. The van der Waals surface area contributed by atoms with Gasteiger partial charge in [-0.25, -0.2) is 10.3 Å². The van der Waals surface area contributed by atoms with Gasteiger partial charge in [-0.05, 0) is 64.8 Å². The summed E-state index contributed by atoms with van der Waals surface area (Å²) < 4.78 is 10.9. The molecule has 29 heavy (non-hydrogen) atoms. The first-order chi connectivity index (χ1) is 13.7. The third-order valence-corrected chi connectivity index (χ3v) is 5.52. The number of likely N-dealkylation sites (tertiary alicyclic amines) is 1. The van der Waals surface area contributed by atoms with Crippen LogP contribution in [0.4, 0.5) is 4.79 Å². The highest BCUT2D eigenvalue weighted by molar-refractivity contribution is 8.00. The molecule has 7 nitrogen and oxygen atoms in total. The van der Waals surface area contributed by atoms with Gasteiger partial charge < -0.3 is 9.47 Å². The van der Waals surface area contributed by atoms with Crippen LogP contribution in [0.15, 0.2) is 29.2 Å². The number of nitrogens with one attached hydrogen (secondary N) is 1. The Hall–Kier alpha value is -2.37. The monoisotopic (exact) mass is 420 g/mol. The van der Waals surface area contributed by atoms with E-state index in [1.807, 2.05) is 24.3 Å². The summed E-state index contributed by atoms with van der Waals surface area (Å²) in [5.74, 6) is 5.76. The Balaban J connectivity index is 2.00. The Morgan fingerprint density at radius 3 is 2.59 bits per heavy atom. The molecule has 0 spiro atoms. The van der Waals surface area contributed by atoms with Crippen molar-refractivity contribution >= 4 is 23.8 Å². The summed E-state index contributed by atoms with van der Waals surface area (Å²) in [6.07, 6.45) is 0.579. The molecule has 158 valence electrons. The number of ether oxygens (including phenoxy) is 2. The number of nitrogens with zero attached hydrogens (tertiary/aromatic N) is 1. The first-order valence-corrected chi connectivity index (χ1v) is 10.3. The van der Waals surface area contributed by atoms with Crippen LogP contribution in [0.25, 0.3) is 0 Å². The lowest BCUT2D eigenvalue weighted by Crippen LogP contribution is -2.54. The molecule has 1 aliphatic rings. The van der Waals surface area contributed by atoms with Gasteiger partial charge in [0.25, 0.3) is 5.91 Å². The summed E-state index contributed by atoms with van der Waals surface area (Å²) in [6.45, 7) is 7.82. The molecule has 0 saturated carbocycles. The second-order valence-corrected chi connectivity index (χ2v) is 8.99. The van der Waals surface area contributed by atoms with Crippen LogP contribution in [0, 0.1) is 11.8 Å². The molecular formula is C21H28N2O5S. The van der Waals surface area contributed by atoms with Crippen LogP contribution in [0.5, 0.6) is 5.75 Å². The van der Waals surface area contributed by atoms with Gasteiger partial charge >= 0.3 is 6.09 Å². The third-order valence-electron chi connectivity index (χ3n) is 4.21. The first kappa shape index (κ1) is 22.9. The van der Waals surface area contributed by atoms with Gasteiger partial charge in [0.15, 0.2) is 0 Å². The van der Waals surface area contributed by atoms with Crippen molar-refractivity contribution in [3.05, 3.63) is 24.3 Å². The van der Waals surface area contributed by atoms with E-state index in [-0.39, 0.29) is 5.25 Å². The van der Waals surface area contributed by atoms with Crippen LogP contribution < -0.4 is 10.2 Å². The van der Waals surface area contributed by atoms with Gasteiger partial charge in [0, 0.05) is 16.7 Å². The molecule has 2 unspecified atom stereocenters. The molecule has 2 N–H and O–H groups in total. The minimum Gasteiger partial charge on any atom is -0.481 e. The van der Waals surface area contributed by atoms with Gasteiger partial charge in [-0.1, -0.05) is 5.92 Å². The molecule has 2 amide bonds. The number of benzene rings is 1. The first-order valence-electron chi connectivity index (χ1n) is 9.46. The predicted octanol–water partition coefficient (Wildman–Crippen LogP) is 3.45. The average molecular weight is 421 g/mol. The van der Waals surface area contributed by atoms with Crippen molar-refractivity contribution in [1.29, 1.82) is 0 Å². The van der Waals surface area contributed by atoms with E-state index in [0.717, 1.165) is 10.6 Å². The Bertz CT molecular complexity index is 764. The van der Waals surface area contributed by atoms with E-state index < -0.39 is 23.6 Å². The fourth-order valence-corrected chi connectivity index (χ4v) is 4.08. The molecule has 1 heterocycles. The van der Waals surface area contributed by atoms with Crippen molar-refractivity contribution in [3.63, 3.8) is 0 Å². The predicted molar refractivity (Wildman–Crippen MR) is 111 cm³/mol. The molecule has 2 atom stereocenters. The Morgan fingerprint density at radius 1 is 1.31 bits per heavy atom. The molecular weight excluding hydrogens is 392 g/mol. The number of hydrogen-bond donors (Lipinski definition) is 2. The molecule has 8 heteroatoms. The summed E-state index contributed by atoms with van der Waals surface area (Å²) in [5, 5.41) is 9.22. The fourth-order valence-electron chi connectivity index (χ4n) is 2.90. The van der Waals surface area contributed by atoms with Crippen LogP contribution in [0.3, 0.4) is 0 Å². The van der Waals surface area contributed by atoms with Crippen molar-refractivity contribution in [3.8, 4) is 17.6 Å². The van der Waals surface area contributed by atoms with E-state index in [1.54, 1.807) is 44.9 Å². The van der Waals surface area contributed by atoms with Crippen molar-refractivity contribution in [2.45, 2.75) is 62.3 Å². The lowest BCUT2D eigenvalue weighted by atomic mass is 10.0. The zero-order valence-corrected chi connectivity index (χ0v) is 18.0. The molecule has 0 aromatic heterocycles. The number of amides is 2. The molecule has 0 aliphatic carbocycles. The summed E-state index contributed by atoms with van der Waals surface area (Å²) in [5.41, 5.74) is 1.02. The van der Waals surface area contributed by atoms with Crippen LogP contribution in [-0.2, 0) is 9.53 Å². The van der Waals surface area contributed by atoms with Gasteiger partial charge in [0.2, 0.25) is 0 Å². The smallest absolute Gasteiger partial charge is 0.410 e. The van der Waals surface area contributed by atoms with E-state index in [9.17, 15) is 9.59 Å². The fraction of sp³-hybridized carbons (Fsp3) is 0.524. The molecule has 1 fully saturated rings. The van der Waals surface area contributed by atoms with Crippen LogP contribution >= 0.6 is 11.8 Å². The maximum atomic E-state index is 12.5. The third kappa shape index (κ3) is 7.18. The molecule has 2 rings (SSSR count). The number of carbonyl (C=O) groups is 2. The second-order valence-electron chi connectivity index (χ2n) is 7.62. The van der Waals surface area contributed by atoms with Gasteiger partial charge in [-0.2, -0.15) is 0 Å². The highest BCUT2D eigenvalue weighted by Gasteiger charge is 2.38. The highest BCUT2D eigenvalue weighted by atomic mass is 32.2. The van der Waals surface area contributed by atoms with Crippen molar-refractivity contribution in [2.75, 3.05) is 13.2 Å². The van der Waals surface area contributed by atoms with Crippen LogP contribution in [0.1, 0.15) is 40.5 Å². The van der Waals surface area contributed by atoms with Gasteiger partial charge in [0.1, 0.15) is 24.0 Å². The topological polar surface area (TPSA) is 88.1 Å². The Labute approximate surface area is 176 Å². The molecule has 1 aromatic rings. The molecule has 0 bridgehead atoms. The summed E-state index contributed by atoms with van der Waals surface area (Å²) >= 11 is 1.64.